The van der Waals surface area contributed by atoms with Crippen LogP contribution in [0.3, 0.4) is 0 Å². The third-order valence-electron chi connectivity index (χ3n) is 3.55. The Labute approximate surface area is 119 Å². The number of nitrogens with one attached hydrogen (secondary N) is 1. The van der Waals surface area contributed by atoms with Gasteiger partial charge >= 0.3 is 0 Å². The van der Waals surface area contributed by atoms with E-state index in [1.807, 2.05) is 17.7 Å². The molecule has 102 valence electrons. The van der Waals surface area contributed by atoms with Gasteiger partial charge in [-0.15, -0.1) is 12.4 Å². The van der Waals surface area contributed by atoms with Gasteiger partial charge in [-0.25, -0.2) is 0 Å². The lowest BCUT2D eigenvalue weighted by atomic mass is 9.82. The van der Waals surface area contributed by atoms with E-state index in [9.17, 15) is 4.79 Å². The highest BCUT2D eigenvalue weighted by atomic mass is 35.5. The molecule has 0 bridgehead atoms. The van der Waals surface area contributed by atoms with E-state index in [0.29, 0.717) is 6.54 Å². The molecule has 0 aliphatic heterocycles. The molecule has 0 aromatic carbocycles. The number of carbonyl (C=O) groups excluding carboxylic acids is 1. The summed E-state index contributed by atoms with van der Waals surface area (Å²) in [6.07, 6.45) is 5.69. The van der Waals surface area contributed by atoms with Gasteiger partial charge in [0.05, 0.1) is 5.56 Å². The minimum atomic E-state index is -0.183. The second-order valence-corrected chi connectivity index (χ2v) is 5.82. The standard InChI is InChI=1S/C13H20N2OS.ClH/c1-10-7-17-8-11(10)12(16)15-9-13(14)5-3-2-4-6-13;/h7-8H,2-6,9,14H2,1H3,(H,15,16);1H. The van der Waals surface area contributed by atoms with Crippen molar-refractivity contribution >= 4 is 29.7 Å². The highest BCUT2D eigenvalue weighted by molar-refractivity contribution is 7.08. The van der Waals surface area contributed by atoms with Gasteiger partial charge in [0.1, 0.15) is 0 Å². The molecule has 1 amide bonds. The number of aryl methyl sites for hydroxylation is 1. The van der Waals surface area contributed by atoms with Crippen LogP contribution in [0, 0.1) is 6.92 Å². The van der Waals surface area contributed by atoms with Crippen LogP contribution in [0.25, 0.3) is 0 Å². The second-order valence-electron chi connectivity index (χ2n) is 5.07. The lowest BCUT2D eigenvalue weighted by Crippen LogP contribution is -2.51. The van der Waals surface area contributed by atoms with Crippen LogP contribution in [0.1, 0.15) is 48.0 Å². The molecular formula is C13H21ClN2OS. The van der Waals surface area contributed by atoms with Crippen LogP contribution < -0.4 is 11.1 Å². The minimum absolute atomic E-state index is 0. The molecule has 18 heavy (non-hydrogen) atoms. The van der Waals surface area contributed by atoms with Crippen LogP contribution in [-0.4, -0.2) is 18.0 Å². The molecule has 1 fully saturated rings. The molecule has 0 saturated heterocycles. The summed E-state index contributed by atoms with van der Waals surface area (Å²) < 4.78 is 0. The number of amides is 1. The summed E-state index contributed by atoms with van der Waals surface area (Å²) in [5.74, 6) is 0.0131. The molecule has 1 heterocycles. The van der Waals surface area contributed by atoms with E-state index >= 15 is 0 Å². The summed E-state index contributed by atoms with van der Waals surface area (Å²) in [5, 5.41) is 6.87. The first-order chi connectivity index (χ1) is 8.11. The molecule has 5 heteroatoms. The van der Waals surface area contributed by atoms with Crippen molar-refractivity contribution in [3.63, 3.8) is 0 Å². The summed E-state index contributed by atoms with van der Waals surface area (Å²) in [6.45, 7) is 2.56. The van der Waals surface area contributed by atoms with Crippen molar-refractivity contribution in [1.29, 1.82) is 0 Å². The Kier molecular flexibility index (Phi) is 5.63. The maximum absolute atomic E-state index is 12.0. The van der Waals surface area contributed by atoms with Gasteiger partial charge in [-0.3, -0.25) is 4.79 Å². The Morgan fingerprint density at radius 3 is 2.61 bits per heavy atom. The molecule has 0 unspecified atom stereocenters. The van der Waals surface area contributed by atoms with Gasteiger partial charge < -0.3 is 11.1 Å². The zero-order chi connectivity index (χ0) is 12.3. The second kappa shape index (κ2) is 6.55. The SMILES string of the molecule is Cc1cscc1C(=O)NCC1(N)CCCCC1.Cl. The van der Waals surface area contributed by atoms with Gasteiger partial charge in [0.25, 0.3) is 5.91 Å². The van der Waals surface area contributed by atoms with E-state index in [1.165, 1.54) is 19.3 Å². The largest absolute Gasteiger partial charge is 0.350 e. The molecule has 0 spiro atoms. The fourth-order valence-electron chi connectivity index (χ4n) is 2.38. The van der Waals surface area contributed by atoms with Gasteiger partial charge in [-0.1, -0.05) is 19.3 Å². The zero-order valence-corrected chi connectivity index (χ0v) is 12.3. The van der Waals surface area contributed by atoms with E-state index in [2.05, 4.69) is 5.32 Å². The van der Waals surface area contributed by atoms with Crippen LogP contribution >= 0.6 is 23.7 Å². The average molecular weight is 289 g/mol. The van der Waals surface area contributed by atoms with E-state index in [1.54, 1.807) is 11.3 Å². The van der Waals surface area contributed by atoms with Crippen LogP contribution in [-0.2, 0) is 0 Å². The number of hydrogen-bond donors (Lipinski definition) is 2. The molecule has 1 aliphatic rings. The molecule has 2 rings (SSSR count). The summed E-state index contributed by atoms with van der Waals surface area (Å²) in [7, 11) is 0. The predicted octanol–water partition coefficient (Wildman–Crippen LogP) is 2.87. The number of nitrogens with two attached hydrogens (primary N) is 1. The predicted molar refractivity (Wildman–Crippen MR) is 78.6 cm³/mol. The molecular weight excluding hydrogens is 268 g/mol. The lowest BCUT2D eigenvalue weighted by molar-refractivity contribution is 0.0937. The number of carbonyl (C=O) groups is 1. The van der Waals surface area contributed by atoms with Crippen molar-refractivity contribution in [2.75, 3.05) is 6.54 Å². The van der Waals surface area contributed by atoms with Gasteiger partial charge in [0, 0.05) is 17.5 Å². The van der Waals surface area contributed by atoms with Crippen molar-refractivity contribution in [3.05, 3.63) is 21.9 Å². The van der Waals surface area contributed by atoms with E-state index in [-0.39, 0.29) is 23.9 Å². The Morgan fingerprint density at radius 1 is 1.39 bits per heavy atom. The van der Waals surface area contributed by atoms with Gasteiger partial charge in [0.15, 0.2) is 0 Å². The Hall–Kier alpha value is -0.580. The van der Waals surface area contributed by atoms with E-state index in [4.69, 9.17) is 5.73 Å². The molecule has 0 radical (unpaired) electrons. The quantitative estimate of drug-likeness (QED) is 0.898. The molecule has 0 atom stereocenters. The summed E-state index contributed by atoms with van der Waals surface area (Å²) in [6, 6.07) is 0. The monoisotopic (exact) mass is 288 g/mol. The third kappa shape index (κ3) is 3.70. The highest BCUT2D eigenvalue weighted by Crippen LogP contribution is 2.25. The fourth-order valence-corrected chi connectivity index (χ4v) is 3.21. The Morgan fingerprint density at radius 2 is 2.06 bits per heavy atom. The van der Waals surface area contributed by atoms with Crippen LogP contribution in [0.15, 0.2) is 10.8 Å². The molecule has 1 aromatic rings. The van der Waals surface area contributed by atoms with Crippen molar-refractivity contribution < 1.29 is 4.79 Å². The van der Waals surface area contributed by atoms with E-state index < -0.39 is 0 Å². The van der Waals surface area contributed by atoms with Crippen LogP contribution in [0.4, 0.5) is 0 Å². The van der Waals surface area contributed by atoms with Gasteiger partial charge in [-0.05, 0) is 30.7 Å². The molecule has 3 N–H and O–H groups in total. The molecule has 1 aromatic heterocycles. The van der Waals surface area contributed by atoms with Crippen molar-refractivity contribution in [3.8, 4) is 0 Å². The topological polar surface area (TPSA) is 55.1 Å². The molecule has 1 saturated carbocycles. The molecule has 1 aliphatic carbocycles. The maximum Gasteiger partial charge on any atom is 0.252 e. The lowest BCUT2D eigenvalue weighted by Gasteiger charge is -2.33. The molecule has 3 nitrogen and oxygen atoms in total. The van der Waals surface area contributed by atoms with Crippen molar-refractivity contribution in [2.24, 2.45) is 5.73 Å². The maximum atomic E-state index is 12.0. The smallest absolute Gasteiger partial charge is 0.252 e. The van der Waals surface area contributed by atoms with Crippen molar-refractivity contribution in [2.45, 2.75) is 44.6 Å². The third-order valence-corrected chi connectivity index (χ3v) is 4.41. The summed E-state index contributed by atoms with van der Waals surface area (Å²) in [4.78, 5) is 12.0. The van der Waals surface area contributed by atoms with Crippen molar-refractivity contribution in [1.82, 2.24) is 5.32 Å². The first kappa shape index (κ1) is 15.5. The first-order valence-corrected chi connectivity index (χ1v) is 7.15. The van der Waals surface area contributed by atoms with Gasteiger partial charge in [0.2, 0.25) is 0 Å². The Bertz CT molecular complexity index is 399. The normalized spacial score (nSPS) is 17.9. The van der Waals surface area contributed by atoms with Crippen LogP contribution in [0.2, 0.25) is 0 Å². The number of rotatable bonds is 3. The minimum Gasteiger partial charge on any atom is -0.350 e. The number of halogens is 1. The fraction of sp³-hybridized carbons (Fsp3) is 0.615. The highest BCUT2D eigenvalue weighted by Gasteiger charge is 2.27. The number of thiophene rings is 1. The summed E-state index contributed by atoms with van der Waals surface area (Å²) in [5.41, 5.74) is 7.93. The summed E-state index contributed by atoms with van der Waals surface area (Å²) >= 11 is 1.56. The van der Waals surface area contributed by atoms with Crippen LogP contribution in [0.5, 0.6) is 0 Å². The first-order valence-electron chi connectivity index (χ1n) is 6.21. The number of hydrogen-bond acceptors (Lipinski definition) is 3. The average Bonchev–Trinajstić information content (AvgIpc) is 2.74. The Balaban J connectivity index is 0.00000162. The zero-order valence-electron chi connectivity index (χ0n) is 10.7. The van der Waals surface area contributed by atoms with E-state index in [0.717, 1.165) is 24.0 Å². The van der Waals surface area contributed by atoms with Gasteiger partial charge in [-0.2, -0.15) is 11.3 Å².